The lowest BCUT2D eigenvalue weighted by Crippen LogP contribution is -2.36. The van der Waals surface area contributed by atoms with Gasteiger partial charge in [-0.25, -0.2) is 8.42 Å². The van der Waals surface area contributed by atoms with Crippen LogP contribution in [0.1, 0.15) is 31.2 Å². The second-order valence-electron chi connectivity index (χ2n) is 5.38. The second-order valence-corrected chi connectivity index (χ2v) is 7.68. The highest BCUT2D eigenvalue weighted by Crippen LogP contribution is 2.35. The van der Waals surface area contributed by atoms with Crippen LogP contribution in [0.15, 0.2) is 24.3 Å². The van der Waals surface area contributed by atoms with E-state index in [0.29, 0.717) is 25.9 Å². The van der Waals surface area contributed by atoms with Gasteiger partial charge in [0.25, 0.3) is 0 Å². The Hall–Kier alpha value is -1.56. The summed E-state index contributed by atoms with van der Waals surface area (Å²) in [5.41, 5.74) is 1.63. The lowest BCUT2D eigenvalue weighted by Gasteiger charge is -2.34. The van der Waals surface area contributed by atoms with Crippen LogP contribution in [0.4, 0.5) is 5.69 Å². The quantitative estimate of drug-likeness (QED) is 0.868. The Morgan fingerprint density at radius 3 is 2.71 bits per heavy atom. The van der Waals surface area contributed by atoms with Gasteiger partial charge in [0.15, 0.2) is 9.84 Å². The Morgan fingerprint density at radius 2 is 2.05 bits per heavy atom. The maximum absolute atomic E-state index is 11.8. The van der Waals surface area contributed by atoms with Crippen LogP contribution < -0.4 is 4.90 Å². The minimum absolute atomic E-state index is 0.118. The summed E-state index contributed by atoms with van der Waals surface area (Å²) in [7, 11) is -3.02. The molecule has 1 aromatic carbocycles. The molecule has 21 heavy (non-hydrogen) atoms. The lowest BCUT2D eigenvalue weighted by atomic mass is 9.90. The number of sulfone groups is 1. The molecule has 0 fully saturated rings. The fourth-order valence-corrected chi connectivity index (χ4v) is 4.11. The van der Waals surface area contributed by atoms with Gasteiger partial charge in [-0.05, 0) is 24.5 Å². The minimum atomic E-state index is -3.02. The first-order valence-corrected chi connectivity index (χ1v) is 9.04. The molecular weight excluding hydrogens is 290 g/mol. The molecule has 1 aromatic rings. The number of benzene rings is 1. The Morgan fingerprint density at radius 1 is 1.33 bits per heavy atom. The molecule has 0 saturated heterocycles. The molecule has 0 bridgehead atoms. The molecule has 1 N–H and O–H groups in total. The Kier molecular flexibility index (Phi) is 4.88. The summed E-state index contributed by atoms with van der Waals surface area (Å²) in [6, 6.07) is 7.38. The zero-order valence-corrected chi connectivity index (χ0v) is 13.0. The largest absolute Gasteiger partial charge is 0.481 e. The average molecular weight is 311 g/mol. The van der Waals surface area contributed by atoms with Crippen molar-refractivity contribution in [2.24, 2.45) is 0 Å². The van der Waals surface area contributed by atoms with Crippen LogP contribution in [-0.2, 0) is 14.6 Å². The van der Waals surface area contributed by atoms with Gasteiger partial charge in [-0.3, -0.25) is 4.79 Å². The molecule has 5 nitrogen and oxygen atoms in total. The third-order valence-electron chi connectivity index (χ3n) is 3.83. The van der Waals surface area contributed by atoms with Gasteiger partial charge in [0.05, 0.1) is 11.7 Å². The highest BCUT2D eigenvalue weighted by Gasteiger charge is 2.29. The van der Waals surface area contributed by atoms with E-state index in [0.717, 1.165) is 11.3 Å². The van der Waals surface area contributed by atoms with Gasteiger partial charge in [-0.2, -0.15) is 0 Å². The number of rotatable bonds is 6. The van der Waals surface area contributed by atoms with Gasteiger partial charge in [0.1, 0.15) is 0 Å². The third kappa shape index (κ3) is 3.75. The first-order valence-electron chi connectivity index (χ1n) is 7.21. The van der Waals surface area contributed by atoms with Gasteiger partial charge in [0, 0.05) is 24.5 Å². The van der Waals surface area contributed by atoms with Crippen molar-refractivity contribution in [1.29, 1.82) is 0 Å². The normalized spacial score (nSPS) is 18.3. The molecule has 0 radical (unpaired) electrons. The van der Waals surface area contributed by atoms with Gasteiger partial charge >= 0.3 is 5.97 Å². The van der Waals surface area contributed by atoms with Crippen molar-refractivity contribution in [1.82, 2.24) is 0 Å². The van der Waals surface area contributed by atoms with E-state index in [2.05, 4.69) is 0 Å². The van der Waals surface area contributed by atoms with E-state index in [-0.39, 0.29) is 11.5 Å². The molecule has 2 rings (SSSR count). The molecule has 1 unspecified atom stereocenters. The SMILES string of the molecule is CCCS(=O)(=O)CCN1CCC(C(=O)O)c2ccccc21. The molecule has 6 heteroatoms. The molecule has 116 valence electrons. The standard InChI is InChI=1S/C15H21NO4S/c1-2-10-21(19,20)11-9-16-8-7-13(15(17)18)12-5-3-4-6-14(12)16/h3-6,13H,2,7-11H2,1H3,(H,17,18). The number of hydrogen-bond acceptors (Lipinski definition) is 4. The highest BCUT2D eigenvalue weighted by molar-refractivity contribution is 7.91. The minimum Gasteiger partial charge on any atom is -0.481 e. The van der Waals surface area contributed by atoms with E-state index in [1.165, 1.54) is 0 Å². The number of hydrogen-bond donors (Lipinski definition) is 1. The molecule has 1 heterocycles. The van der Waals surface area contributed by atoms with Crippen molar-refractivity contribution in [3.63, 3.8) is 0 Å². The number of nitrogens with zero attached hydrogens (tertiary/aromatic N) is 1. The van der Waals surface area contributed by atoms with Crippen LogP contribution >= 0.6 is 0 Å². The molecular formula is C15H21NO4S. The van der Waals surface area contributed by atoms with Gasteiger partial charge < -0.3 is 10.0 Å². The zero-order chi connectivity index (χ0) is 15.5. The number of carboxylic acids is 1. The molecule has 0 aliphatic carbocycles. The summed E-state index contributed by atoms with van der Waals surface area (Å²) in [5, 5.41) is 9.29. The summed E-state index contributed by atoms with van der Waals surface area (Å²) in [6.45, 7) is 2.85. The van der Waals surface area contributed by atoms with Crippen molar-refractivity contribution in [2.75, 3.05) is 29.5 Å². The molecule has 0 spiro atoms. The predicted molar refractivity (Wildman–Crippen MR) is 82.6 cm³/mol. The van der Waals surface area contributed by atoms with E-state index < -0.39 is 21.7 Å². The Balaban J connectivity index is 2.16. The number of anilines is 1. The van der Waals surface area contributed by atoms with E-state index in [9.17, 15) is 18.3 Å². The first kappa shape index (κ1) is 15.8. The lowest BCUT2D eigenvalue weighted by molar-refractivity contribution is -0.139. The van der Waals surface area contributed by atoms with Crippen molar-refractivity contribution in [3.8, 4) is 0 Å². The first-order chi connectivity index (χ1) is 9.94. The third-order valence-corrected chi connectivity index (χ3v) is 5.66. The maximum Gasteiger partial charge on any atom is 0.311 e. The number of fused-ring (bicyclic) bond motifs is 1. The van der Waals surface area contributed by atoms with Crippen LogP contribution in [0.5, 0.6) is 0 Å². The topological polar surface area (TPSA) is 74.7 Å². The summed E-state index contributed by atoms with van der Waals surface area (Å²) in [5.74, 6) is -0.988. The molecule has 1 aliphatic rings. The van der Waals surface area contributed by atoms with Crippen LogP contribution in [0.25, 0.3) is 0 Å². The summed E-state index contributed by atoms with van der Waals surface area (Å²) >= 11 is 0. The second kappa shape index (κ2) is 6.47. The van der Waals surface area contributed by atoms with E-state index >= 15 is 0 Å². The number of para-hydroxylation sites is 1. The molecule has 0 saturated carbocycles. The Bertz CT molecular complexity index is 612. The van der Waals surface area contributed by atoms with Crippen molar-refractivity contribution in [3.05, 3.63) is 29.8 Å². The van der Waals surface area contributed by atoms with Crippen molar-refractivity contribution in [2.45, 2.75) is 25.7 Å². The van der Waals surface area contributed by atoms with Crippen LogP contribution in [0.3, 0.4) is 0 Å². The summed E-state index contributed by atoms with van der Waals surface area (Å²) in [6.07, 6.45) is 1.14. The van der Waals surface area contributed by atoms with Gasteiger partial charge in [-0.1, -0.05) is 25.1 Å². The number of aliphatic carboxylic acids is 1. The van der Waals surface area contributed by atoms with Crippen molar-refractivity contribution < 1.29 is 18.3 Å². The van der Waals surface area contributed by atoms with Crippen LogP contribution in [0.2, 0.25) is 0 Å². The molecule has 1 aliphatic heterocycles. The molecule has 0 aromatic heterocycles. The maximum atomic E-state index is 11.8. The van der Waals surface area contributed by atoms with E-state index in [4.69, 9.17) is 0 Å². The molecule has 1 atom stereocenters. The van der Waals surface area contributed by atoms with Gasteiger partial charge in [0.2, 0.25) is 0 Å². The van der Waals surface area contributed by atoms with Crippen molar-refractivity contribution >= 4 is 21.5 Å². The zero-order valence-electron chi connectivity index (χ0n) is 12.2. The Labute approximate surface area is 125 Å². The summed E-state index contributed by atoms with van der Waals surface area (Å²) in [4.78, 5) is 13.3. The van der Waals surface area contributed by atoms with Gasteiger partial charge in [-0.15, -0.1) is 0 Å². The van der Waals surface area contributed by atoms with Crippen LogP contribution in [-0.4, -0.2) is 44.1 Å². The van der Waals surface area contributed by atoms with E-state index in [1.54, 1.807) is 0 Å². The smallest absolute Gasteiger partial charge is 0.311 e. The fraction of sp³-hybridized carbons (Fsp3) is 0.533. The van der Waals surface area contributed by atoms with Crippen LogP contribution in [0, 0.1) is 0 Å². The number of carbonyl (C=O) groups is 1. The summed E-state index contributed by atoms with van der Waals surface area (Å²) < 4.78 is 23.7. The number of carboxylic acid groups (broad SMARTS) is 1. The monoisotopic (exact) mass is 311 g/mol. The van der Waals surface area contributed by atoms with E-state index in [1.807, 2.05) is 36.1 Å². The highest BCUT2D eigenvalue weighted by atomic mass is 32.2. The molecule has 0 amide bonds. The fourth-order valence-electron chi connectivity index (χ4n) is 2.78. The average Bonchev–Trinajstić information content (AvgIpc) is 2.44. The predicted octanol–water partition coefficient (Wildman–Crippen LogP) is 1.89.